The summed E-state index contributed by atoms with van der Waals surface area (Å²) in [5.74, 6) is 0.0911. The fourth-order valence-corrected chi connectivity index (χ4v) is 2.24. The van der Waals surface area contributed by atoms with Gasteiger partial charge >= 0.3 is 0 Å². The van der Waals surface area contributed by atoms with Crippen molar-refractivity contribution in [3.8, 4) is 0 Å². The van der Waals surface area contributed by atoms with Gasteiger partial charge in [0.05, 0.1) is 18.9 Å². The lowest BCUT2D eigenvalue weighted by Gasteiger charge is -2.21. The van der Waals surface area contributed by atoms with Crippen LogP contribution in [-0.4, -0.2) is 38.8 Å². The molecule has 1 unspecified atom stereocenters. The number of likely N-dealkylation sites (N-methyl/N-ethyl adjacent to an activating group) is 1. The van der Waals surface area contributed by atoms with E-state index in [9.17, 15) is 4.79 Å². The Hall–Kier alpha value is -0.910. The van der Waals surface area contributed by atoms with Crippen molar-refractivity contribution in [1.82, 2.24) is 5.32 Å². The average Bonchev–Trinajstić information content (AvgIpc) is 2.70. The van der Waals surface area contributed by atoms with Crippen molar-refractivity contribution in [2.45, 2.75) is 6.04 Å². The molecule has 0 saturated carbocycles. The molecule has 1 fully saturated rings. The summed E-state index contributed by atoms with van der Waals surface area (Å²) in [7, 11) is 1.78. The zero-order chi connectivity index (χ0) is 10.7. The van der Waals surface area contributed by atoms with Crippen LogP contribution in [0, 0.1) is 0 Å². The first-order valence-electron chi connectivity index (χ1n) is 4.91. The third-order valence-corrected chi connectivity index (χ3v) is 3.14. The van der Waals surface area contributed by atoms with Gasteiger partial charge in [-0.2, -0.15) is 11.3 Å². The molecule has 1 aliphatic heterocycles. The van der Waals surface area contributed by atoms with Crippen LogP contribution in [0.3, 0.4) is 0 Å². The van der Waals surface area contributed by atoms with E-state index in [2.05, 4.69) is 5.32 Å². The van der Waals surface area contributed by atoms with Crippen molar-refractivity contribution in [1.29, 1.82) is 0 Å². The molecule has 1 N–H and O–H groups in total. The van der Waals surface area contributed by atoms with E-state index in [4.69, 9.17) is 4.74 Å². The Morgan fingerprint density at radius 2 is 2.53 bits per heavy atom. The van der Waals surface area contributed by atoms with E-state index in [0.717, 1.165) is 5.69 Å². The number of ether oxygens (including phenoxy) is 1. The molecular weight excluding hydrogens is 212 g/mol. The highest BCUT2D eigenvalue weighted by molar-refractivity contribution is 7.08. The smallest absolute Gasteiger partial charge is 0.246 e. The van der Waals surface area contributed by atoms with Crippen LogP contribution in [0.4, 0.5) is 5.69 Å². The van der Waals surface area contributed by atoms with Crippen LogP contribution in [0.2, 0.25) is 0 Å². The summed E-state index contributed by atoms with van der Waals surface area (Å²) < 4.78 is 5.38. The Labute approximate surface area is 92.8 Å². The Bertz CT molecular complexity index is 326. The maximum absolute atomic E-state index is 12.1. The highest BCUT2D eigenvalue weighted by atomic mass is 32.1. The monoisotopic (exact) mass is 226 g/mol. The summed E-state index contributed by atoms with van der Waals surface area (Å²) >= 11 is 1.60. The minimum atomic E-state index is -0.229. The fourth-order valence-electron chi connectivity index (χ4n) is 1.60. The van der Waals surface area contributed by atoms with Gasteiger partial charge in [0.25, 0.3) is 0 Å². The predicted molar refractivity (Wildman–Crippen MR) is 60.3 cm³/mol. The third-order valence-electron chi connectivity index (χ3n) is 2.47. The standard InChI is InChI=1S/C10H14N2O2S/c1-11-9-6-14-4-3-12(10(9)13)8-2-5-15-7-8/h2,5,7,9,11H,3-4,6H2,1H3. The second-order valence-corrected chi connectivity index (χ2v) is 4.17. The van der Waals surface area contributed by atoms with Crippen LogP contribution in [0.15, 0.2) is 16.8 Å². The highest BCUT2D eigenvalue weighted by Crippen LogP contribution is 2.19. The van der Waals surface area contributed by atoms with Gasteiger partial charge in [-0.25, -0.2) is 0 Å². The number of nitrogens with one attached hydrogen (secondary N) is 1. The van der Waals surface area contributed by atoms with Crippen molar-refractivity contribution in [3.05, 3.63) is 16.8 Å². The quantitative estimate of drug-likeness (QED) is 0.807. The van der Waals surface area contributed by atoms with Crippen molar-refractivity contribution in [2.75, 3.05) is 31.7 Å². The van der Waals surface area contributed by atoms with Crippen LogP contribution in [0.1, 0.15) is 0 Å². The second kappa shape index (κ2) is 4.74. The highest BCUT2D eigenvalue weighted by Gasteiger charge is 2.27. The molecule has 2 heterocycles. The predicted octanol–water partition coefficient (Wildman–Crippen LogP) is 0.699. The van der Waals surface area contributed by atoms with E-state index in [1.807, 2.05) is 16.8 Å². The van der Waals surface area contributed by atoms with Crippen molar-refractivity contribution < 1.29 is 9.53 Å². The zero-order valence-corrected chi connectivity index (χ0v) is 9.42. The first kappa shape index (κ1) is 10.6. The molecule has 0 spiro atoms. The maximum Gasteiger partial charge on any atom is 0.246 e. The van der Waals surface area contributed by atoms with Crippen LogP contribution < -0.4 is 10.2 Å². The Morgan fingerprint density at radius 3 is 3.20 bits per heavy atom. The average molecular weight is 226 g/mol. The number of thiophene rings is 1. The fraction of sp³-hybridized carbons (Fsp3) is 0.500. The van der Waals surface area contributed by atoms with E-state index in [0.29, 0.717) is 19.8 Å². The molecule has 15 heavy (non-hydrogen) atoms. The molecule has 5 heteroatoms. The first-order chi connectivity index (χ1) is 7.33. The molecule has 82 valence electrons. The molecule has 0 radical (unpaired) electrons. The Morgan fingerprint density at radius 1 is 1.67 bits per heavy atom. The Balaban J connectivity index is 2.19. The molecule has 1 aliphatic rings. The van der Waals surface area contributed by atoms with E-state index in [-0.39, 0.29) is 11.9 Å². The Kier molecular flexibility index (Phi) is 3.35. The second-order valence-electron chi connectivity index (χ2n) is 3.39. The molecule has 1 aromatic rings. The van der Waals surface area contributed by atoms with Crippen LogP contribution >= 0.6 is 11.3 Å². The van der Waals surface area contributed by atoms with Crippen molar-refractivity contribution in [3.63, 3.8) is 0 Å². The zero-order valence-electron chi connectivity index (χ0n) is 8.60. The van der Waals surface area contributed by atoms with Gasteiger partial charge in [0, 0.05) is 11.9 Å². The summed E-state index contributed by atoms with van der Waals surface area (Å²) in [5.41, 5.74) is 0.968. The molecule has 4 nitrogen and oxygen atoms in total. The van der Waals surface area contributed by atoms with Gasteiger partial charge in [-0.3, -0.25) is 4.79 Å². The molecule has 0 bridgehead atoms. The summed E-state index contributed by atoms with van der Waals surface area (Å²) in [6.45, 7) is 1.68. The van der Waals surface area contributed by atoms with Gasteiger partial charge < -0.3 is 15.0 Å². The number of amides is 1. The third kappa shape index (κ3) is 2.19. The van der Waals surface area contributed by atoms with Gasteiger partial charge in [-0.15, -0.1) is 0 Å². The summed E-state index contributed by atoms with van der Waals surface area (Å²) in [6.07, 6.45) is 0. The van der Waals surface area contributed by atoms with Crippen LogP contribution in [0.5, 0.6) is 0 Å². The van der Waals surface area contributed by atoms with Gasteiger partial charge in [-0.05, 0) is 18.5 Å². The van der Waals surface area contributed by atoms with E-state index in [1.165, 1.54) is 0 Å². The minimum Gasteiger partial charge on any atom is -0.377 e. The van der Waals surface area contributed by atoms with Gasteiger partial charge in [0.2, 0.25) is 5.91 Å². The number of hydrogen-bond acceptors (Lipinski definition) is 4. The molecule has 2 rings (SSSR count). The number of carbonyl (C=O) groups is 1. The summed E-state index contributed by atoms with van der Waals surface area (Å²) in [5, 5.41) is 6.93. The lowest BCUT2D eigenvalue weighted by molar-refractivity contribution is -0.120. The largest absolute Gasteiger partial charge is 0.377 e. The minimum absolute atomic E-state index is 0.0911. The molecule has 1 aromatic heterocycles. The SMILES string of the molecule is CNC1COCCN(c2ccsc2)C1=O. The lowest BCUT2D eigenvalue weighted by Crippen LogP contribution is -2.45. The number of rotatable bonds is 2. The van der Waals surface area contributed by atoms with E-state index in [1.54, 1.807) is 23.3 Å². The first-order valence-corrected chi connectivity index (χ1v) is 5.86. The summed E-state index contributed by atoms with van der Waals surface area (Å²) in [6, 6.07) is 1.73. The normalized spacial score (nSPS) is 22.9. The van der Waals surface area contributed by atoms with Crippen molar-refractivity contribution in [2.24, 2.45) is 0 Å². The number of nitrogens with zero attached hydrogens (tertiary/aromatic N) is 1. The number of carbonyl (C=O) groups excluding carboxylic acids is 1. The molecule has 0 aliphatic carbocycles. The van der Waals surface area contributed by atoms with Gasteiger partial charge in [0.1, 0.15) is 6.04 Å². The number of anilines is 1. The van der Waals surface area contributed by atoms with E-state index < -0.39 is 0 Å². The molecule has 1 amide bonds. The van der Waals surface area contributed by atoms with Gasteiger partial charge in [-0.1, -0.05) is 0 Å². The lowest BCUT2D eigenvalue weighted by atomic mass is 10.2. The molecule has 0 aromatic carbocycles. The van der Waals surface area contributed by atoms with Crippen molar-refractivity contribution >= 4 is 22.9 Å². The van der Waals surface area contributed by atoms with Crippen LogP contribution in [-0.2, 0) is 9.53 Å². The summed E-state index contributed by atoms with van der Waals surface area (Å²) in [4.78, 5) is 13.8. The number of hydrogen-bond donors (Lipinski definition) is 1. The maximum atomic E-state index is 12.1. The van der Waals surface area contributed by atoms with Gasteiger partial charge in [0.15, 0.2) is 0 Å². The van der Waals surface area contributed by atoms with Crippen LogP contribution in [0.25, 0.3) is 0 Å². The molecule has 1 saturated heterocycles. The van der Waals surface area contributed by atoms with E-state index >= 15 is 0 Å². The molecule has 1 atom stereocenters. The topological polar surface area (TPSA) is 41.6 Å². The molecular formula is C10H14N2O2S.